The van der Waals surface area contributed by atoms with E-state index in [-0.39, 0.29) is 57.6 Å². The number of benzene rings is 4. The second-order valence-electron chi connectivity index (χ2n) is 12.7. The van der Waals surface area contributed by atoms with E-state index in [1.807, 2.05) is 36.4 Å². The Morgan fingerprint density at radius 3 is 1.92 bits per heavy atom. The minimum atomic E-state index is -1.20. The zero-order valence-corrected chi connectivity index (χ0v) is 27.5. The molecule has 8 nitrogen and oxygen atoms in total. The fourth-order valence-electron chi connectivity index (χ4n) is 8.08. The Bertz CT molecular complexity index is 2000. The van der Waals surface area contributed by atoms with Gasteiger partial charge in [-0.3, -0.25) is 4.21 Å². The van der Waals surface area contributed by atoms with Crippen LogP contribution in [0.15, 0.2) is 95.2 Å². The zero-order valence-electron chi connectivity index (χ0n) is 25.9. The van der Waals surface area contributed by atoms with Crippen molar-refractivity contribution in [2.24, 2.45) is 10.2 Å². The molecule has 2 heterocycles. The molecule has 1 unspecified atom stereocenters. The number of rotatable bonds is 4. The summed E-state index contributed by atoms with van der Waals surface area (Å²) >= 11 is -0.948. The SMILES string of the molecule is [N-]=[N+]=NC[C@@H]1C[C@@H]2c3ccccc3Cc3ccc(F)cc3[C@H]2[S+]1O.[N-]=[N+]=NC[C@@H]1C[C@@H]2c3ccccc3Cc3ccc(F)cc3[C@H]2[S@@]1=O. The fraction of sp³-hybridized carbons (Fsp3) is 0.333. The van der Waals surface area contributed by atoms with Crippen molar-refractivity contribution in [3.05, 3.63) is 162 Å². The maximum absolute atomic E-state index is 13.9. The lowest BCUT2D eigenvalue weighted by atomic mass is 9.87. The van der Waals surface area contributed by atoms with Gasteiger partial charge in [0, 0.05) is 56.2 Å². The number of halogens is 2. The number of hydrogen-bond donors (Lipinski definition) is 1. The lowest BCUT2D eigenvalue weighted by Crippen LogP contribution is -2.21. The van der Waals surface area contributed by atoms with Gasteiger partial charge >= 0.3 is 0 Å². The summed E-state index contributed by atoms with van der Waals surface area (Å²) in [5.41, 5.74) is 25.9. The van der Waals surface area contributed by atoms with E-state index in [9.17, 15) is 17.5 Å². The van der Waals surface area contributed by atoms with Crippen LogP contribution < -0.4 is 0 Å². The van der Waals surface area contributed by atoms with Crippen molar-refractivity contribution in [3.8, 4) is 0 Å². The summed E-state index contributed by atoms with van der Waals surface area (Å²) in [6.45, 7) is 0.513. The van der Waals surface area contributed by atoms with Crippen molar-refractivity contribution in [2.45, 2.75) is 58.5 Å². The third kappa shape index (κ3) is 5.99. The molecule has 0 spiro atoms. The van der Waals surface area contributed by atoms with Crippen LogP contribution in [0.3, 0.4) is 0 Å². The Balaban J connectivity index is 0.000000152. The zero-order chi connectivity index (χ0) is 33.4. The molecule has 8 rings (SSSR count). The van der Waals surface area contributed by atoms with Crippen molar-refractivity contribution >= 4 is 22.0 Å². The highest BCUT2D eigenvalue weighted by atomic mass is 32.2. The van der Waals surface area contributed by atoms with Crippen LogP contribution in [-0.4, -0.2) is 32.4 Å². The van der Waals surface area contributed by atoms with Crippen LogP contribution in [0.2, 0.25) is 0 Å². The van der Waals surface area contributed by atoms with Crippen LogP contribution in [0.1, 0.15) is 79.7 Å². The van der Waals surface area contributed by atoms with Crippen molar-refractivity contribution in [1.29, 1.82) is 0 Å². The van der Waals surface area contributed by atoms with Crippen LogP contribution in [0.5, 0.6) is 0 Å². The van der Waals surface area contributed by atoms with Crippen LogP contribution in [0, 0.1) is 11.6 Å². The molecule has 12 heteroatoms. The molecule has 0 saturated carbocycles. The molecule has 8 atom stereocenters. The van der Waals surface area contributed by atoms with Gasteiger partial charge in [0.2, 0.25) is 0 Å². The first-order valence-electron chi connectivity index (χ1n) is 15.9. The van der Waals surface area contributed by atoms with Gasteiger partial charge in [-0.2, -0.15) is 4.55 Å². The third-order valence-corrected chi connectivity index (χ3v) is 14.4. The predicted octanol–water partition coefficient (Wildman–Crippen LogP) is 9.11. The molecule has 2 fully saturated rings. The van der Waals surface area contributed by atoms with Gasteiger partial charge in [-0.15, -0.1) is 0 Å². The molecular weight excluding hydrogens is 651 g/mol. The van der Waals surface area contributed by atoms with Crippen LogP contribution >= 0.6 is 0 Å². The molecular formula is C36H33F2N6O2S2+. The summed E-state index contributed by atoms with van der Waals surface area (Å²) in [7, 11) is -1.20. The van der Waals surface area contributed by atoms with Gasteiger partial charge in [-0.1, -0.05) is 70.9 Å². The van der Waals surface area contributed by atoms with Gasteiger partial charge in [-0.25, -0.2) is 8.78 Å². The first-order valence-corrected chi connectivity index (χ1v) is 18.5. The van der Waals surface area contributed by atoms with Gasteiger partial charge in [0.05, 0.1) is 11.8 Å². The Morgan fingerprint density at radius 2 is 1.27 bits per heavy atom. The monoisotopic (exact) mass is 683 g/mol. The molecule has 48 heavy (non-hydrogen) atoms. The van der Waals surface area contributed by atoms with Gasteiger partial charge in [0.15, 0.2) is 21.7 Å². The molecule has 2 aliphatic carbocycles. The maximum atomic E-state index is 13.9. The topological polar surface area (TPSA) is 135 Å². The molecule has 4 aromatic rings. The average Bonchev–Trinajstić information content (AvgIpc) is 3.50. The number of nitrogens with zero attached hydrogens (tertiary/aromatic N) is 6. The lowest BCUT2D eigenvalue weighted by molar-refractivity contribution is 0.608. The van der Waals surface area contributed by atoms with Crippen LogP contribution in [0.25, 0.3) is 20.9 Å². The Kier molecular flexibility index (Phi) is 9.27. The highest BCUT2D eigenvalue weighted by molar-refractivity contribution is 7.92. The summed E-state index contributed by atoms with van der Waals surface area (Å²) in [6.07, 6.45) is 2.95. The second kappa shape index (κ2) is 13.7. The van der Waals surface area contributed by atoms with Crippen molar-refractivity contribution < 1.29 is 17.5 Å². The molecule has 0 radical (unpaired) electrons. The van der Waals surface area contributed by atoms with Crippen LogP contribution in [-0.2, 0) is 34.8 Å². The van der Waals surface area contributed by atoms with E-state index in [1.165, 1.54) is 40.5 Å². The largest absolute Gasteiger partial charge is 0.259 e. The maximum Gasteiger partial charge on any atom is 0.183 e. The minimum absolute atomic E-state index is 0.0711. The smallest absolute Gasteiger partial charge is 0.183 e. The van der Waals surface area contributed by atoms with Gasteiger partial charge in [-0.05, 0) is 93.5 Å². The first kappa shape index (κ1) is 32.4. The van der Waals surface area contributed by atoms with E-state index in [1.54, 1.807) is 6.07 Å². The summed E-state index contributed by atoms with van der Waals surface area (Å²) in [5.74, 6) is -0.358. The minimum Gasteiger partial charge on any atom is -0.259 e. The summed E-state index contributed by atoms with van der Waals surface area (Å²) < 4.78 is 51.8. The van der Waals surface area contributed by atoms with Crippen molar-refractivity contribution in [2.75, 3.05) is 13.1 Å². The fourth-order valence-corrected chi connectivity index (χ4v) is 12.3. The molecule has 4 aliphatic rings. The summed E-state index contributed by atoms with van der Waals surface area (Å²) in [5, 5.41) is 6.68. The van der Waals surface area contributed by atoms with Crippen molar-refractivity contribution in [3.63, 3.8) is 0 Å². The van der Waals surface area contributed by atoms with E-state index in [0.29, 0.717) is 6.42 Å². The highest BCUT2D eigenvalue weighted by Crippen LogP contribution is 2.53. The van der Waals surface area contributed by atoms with E-state index in [0.717, 1.165) is 41.5 Å². The second-order valence-corrected chi connectivity index (χ2v) is 16.4. The van der Waals surface area contributed by atoms with E-state index in [4.69, 9.17) is 11.1 Å². The van der Waals surface area contributed by atoms with Crippen LogP contribution in [0.4, 0.5) is 8.78 Å². The molecule has 4 aromatic carbocycles. The lowest BCUT2D eigenvalue weighted by Gasteiger charge is -2.19. The molecule has 244 valence electrons. The highest BCUT2D eigenvalue weighted by Gasteiger charge is 2.55. The Morgan fingerprint density at radius 1 is 0.729 bits per heavy atom. The molecule has 0 aromatic heterocycles. The van der Waals surface area contributed by atoms with Gasteiger partial charge < -0.3 is 0 Å². The van der Waals surface area contributed by atoms with E-state index < -0.39 is 22.0 Å². The molecule has 0 bridgehead atoms. The molecule has 2 aliphatic heterocycles. The third-order valence-electron chi connectivity index (χ3n) is 10.1. The quantitative estimate of drug-likeness (QED) is 0.0994. The average molecular weight is 684 g/mol. The predicted molar refractivity (Wildman–Crippen MR) is 185 cm³/mol. The first-order chi connectivity index (χ1) is 23.4. The number of fused-ring (bicyclic) bond motifs is 10. The van der Waals surface area contributed by atoms with Gasteiger partial charge in [0.1, 0.15) is 11.6 Å². The number of azide groups is 2. The molecule has 0 amide bonds. The molecule has 1 N–H and O–H groups in total. The standard InChI is InChI=1S/C18H17FN3OS.C18H16FN3OS/c2*19-13-6-5-12-7-11-3-1-2-4-15(11)17-9-14(10-21-22-20)24(23)18(17)16(12)8-13/h1-6,8,14,17-18,23H,7,9-10H2;1-6,8,14,17-18H,7,9-10H2/q+1;/t14-,17+,18+,24?;14-,17+,18+,24+/m00/s1. The van der Waals surface area contributed by atoms with E-state index in [2.05, 4.69) is 44.3 Å². The normalized spacial score (nSPS) is 27.4. The summed E-state index contributed by atoms with van der Waals surface area (Å²) in [4.78, 5) is 5.63. The van der Waals surface area contributed by atoms with E-state index >= 15 is 0 Å². The Hall–Kier alpha value is -4.18. The summed E-state index contributed by atoms with van der Waals surface area (Å²) in [6, 6.07) is 26.2. The van der Waals surface area contributed by atoms with Crippen molar-refractivity contribution in [1.82, 2.24) is 0 Å². The number of hydrogen-bond acceptors (Lipinski definition) is 4. The van der Waals surface area contributed by atoms with Gasteiger partial charge in [0.25, 0.3) is 0 Å². The Labute approximate surface area is 282 Å². The molecule has 2 saturated heterocycles.